The Morgan fingerprint density at radius 2 is 1.26 bits per heavy atom. The second-order valence-corrected chi connectivity index (χ2v) is 9.68. The molecule has 4 aromatic rings. The molecular formula is C30H29LiO3P. The van der Waals surface area contributed by atoms with Gasteiger partial charge >= 0.3 is 0 Å². The van der Waals surface area contributed by atoms with Crippen molar-refractivity contribution in [3.05, 3.63) is 124 Å². The summed E-state index contributed by atoms with van der Waals surface area (Å²) in [5.41, 5.74) is 6.31. The van der Waals surface area contributed by atoms with Crippen LogP contribution < -0.4 is 14.8 Å². The summed E-state index contributed by atoms with van der Waals surface area (Å²) >= 11 is 0. The van der Waals surface area contributed by atoms with E-state index in [0.29, 0.717) is 19.0 Å². The monoisotopic (exact) mass is 475 g/mol. The molecular weight excluding hydrogens is 446 g/mol. The van der Waals surface area contributed by atoms with E-state index in [-0.39, 0.29) is 33.0 Å². The van der Waals surface area contributed by atoms with Gasteiger partial charge in [-0.15, -0.1) is 0 Å². The van der Waals surface area contributed by atoms with Crippen LogP contribution in [0, 0.1) is 20.8 Å². The van der Waals surface area contributed by atoms with E-state index in [1.165, 1.54) is 5.56 Å². The molecule has 0 aromatic heterocycles. The van der Waals surface area contributed by atoms with Crippen LogP contribution in [0.5, 0.6) is 11.5 Å². The Bertz CT molecular complexity index is 1250. The summed E-state index contributed by atoms with van der Waals surface area (Å²) in [4.78, 5) is 13.3. The molecule has 0 amide bonds. The standard InChI is InChI=1S/C30H29O3P.Li/c1-21-16-22(2)29(23(3)17-21)30(31)34-28-15-14-26(32-19-24-10-6-4-7-11-24)18-27(28)33-20-25-12-8-5-9-13-25;/h4-18,34H,19-20H2,1-3H3;. The molecule has 0 aliphatic carbocycles. The van der Waals surface area contributed by atoms with Crippen LogP contribution in [0.2, 0.25) is 0 Å². The van der Waals surface area contributed by atoms with Crippen molar-refractivity contribution in [1.82, 2.24) is 0 Å². The van der Waals surface area contributed by atoms with Gasteiger partial charge in [-0.05, 0) is 63.7 Å². The fourth-order valence-electron chi connectivity index (χ4n) is 4.01. The summed E-state index contributed by atoms with van der Waals surface area (Å²) in [6, 6.07) is 30.0. The molecule has 0 aliphatic heterocycles. The van der Waals surface area contributed by atoms with Gasteiger partial charge in [-0.1, -0.05) is 78.4 Å². The smallest absolute Gasteiger partial charge is 0.186 e. The van der Waals surface area contributed by atoms with Crippen LogP contribution in [0.25, 0.3) is 0 Å². The minimum absolute atomic E-state index is 0. The summed E-state index contributed by atoms with van der Waals surface area (Å²) in [5.74, 6) is 1.40. The van der Waals surface area contributed by atoms with E-state index in [4.69, 9.17) is 9.47 Å². The number of aryl methyl sites for hydroxylation is 3. The summed E-state index contributed by atoms with van der Waals surface area (Å²) in [6.45, 7) is 6.97. The van der Waals surface area contributed by atoms with Gasteiger partial charge in [0, 0.05) is 35.8 Å². The molecule has 4 aromatic carbocycles. The van der Waals surface area contributed by atoms with Crippen LogP contribution >= 0.6 is 8.58 Å². The third kappa shape index (κ3) is 7.33. The summed E-state index contributed by atoms with van der Waals surface area (Å²) in [5, 5.41) is 0.882. The number of carbonyl (C=O) groups excluding carboxylic acids is 1. The van der Waals surface area contributed by atoms with Crippen LogP contribution in [-0.2, 0) is 13.2 Å². The van der Waals surface area contributed by atoms with E-state index in [2.05, 4.69) is 19.1 Å². The number of carbonyl (C=O) groups is 1. The molecule has 4 rings (SSSR count). The zero-order valence-electron chi connectivity index (χ0n) is 20.8. The second kappa shape index (κ2) is 12.8. The number of ether oxygens (including phenoxy) is 2. The molecule has 0 spiro atoms. The van der Waals surface area contributed by atoms with Gasteiger partial charge in [0.25, 0.3) is 0 Å². The van der Waals surface area contributed by atoms with E-state index >= 15 is 0 Å². The maximum atomic E-state index is 13.3. The van der Waals surface area contributed by atoms with Gasteiger partial charge in [-0.25, -0.2) is 0 Å². The van der Waals surface area contributed by atoms with Gasteiger partial charge in [0.2, 0.25) is 0 Å². The molecule has 0 saturated carbocycles. The first kappa shape index (κ1) is 26.8. The van der Waals surface area contributed by atoms with Crippen molar-refractivity contribution in [1.29, 1.82) is 0 Å². The van der Waals surface area contributed by atoms with E-state index in [0.717, 1.165) is 38.9 Å². The molecule has 0 saturated heterocycles. The Kier molecular flexibility index (Phi) is 9.76. The molecule has 1 atom stereocenters. The van der Waals surface area contributed by atoms with Crippen LogP contribution in [0.15, 0.2) is 91.0 Å². The van der Waals surface area contributed by atoms with Crippen LogP contribution in [0.3, 0.4) is 0 Å². The summed E-state index contributed by atoms with van der Waals surface area (Å²) in [6.07, 6.45) is 0. The predicted molar refractivity (Wildman–Crippen MR) is 147 cm³/mol. The molecule has 0 aliphatic rings. The van der Waals surface area contributed by atoms with Gasteiger partial charge < -0.3 is 9.47 Å². The van der Waals surface area contributed by atoms with Gasteiger partial charge in [-0.2, -0.15) is 0 Å². The third-order valence-corrected chi connectivity index (χ3v) is 6.75. The Morgan fingerprint density at radius 1 is 0.714 bits per heavy atom. The summed E-state index contributed by atoms with van der Waals surface area (Å²) in [7, 11) is -0.0366. The molecule has 173 valence electrons. The van der Waals surface area contributed by atoms with Crippen LogP contribution in [0.1, 0.15) is 38.2 Å². The molecule has 3 nitrogen and oxygen atoms in total. The molecule has 5 heteroatoms. The average molecular weight is 475 g/mol. The number of hydrogen-bond donors (Lipinski definition) is 0. The third-order valence-electron chi connectivity index (χ3n) is 5.59. The fourth-order valence-corrected chi connectivity index (χ4v) is 5.21. The van der Waals surface area contributed by atoms with Crippen molar-refractivity contribution in [3.8, 4) is 11.5 Å². The Morgan fingerprint density at radius 3 is 1.83 bits per heavy atom. The maximum Gasteiger partial charge on any atom is 0.186 e. The van der Waals surface area contributed by atoms with Crippen molar-refractivity contribution in [2.24, 2.45) is 0 Å². The van der Waals surface area contributed by atoms with Crippen molar-refractivity contribution < 1.29 is 14.3 Å². The fraction of sp³-hybridized carbons (Fsp3) is 0.167. The molecule has 0 bridgehead atoms. The van der Waals surface area contributed by atoms with Crippen molar-refractivity contribution in [2.75, 3.05) is 0 Å². The van der Waals surface area contributed by atoms with E-state index in [1.807, 2.05) is 92.7 Å². The first-order chi connectivity index (χ1) is 16.5. The number of rotatable bonds is 9. The van der Waals surface area contributed by atoms with Gasteiger partial charge in [0.15, 0.2) is 5.52 Å². The van der Waals surface area contributed by atoms with E-state index in [9.17, 15) is 4.79 Å². The van der Waals surface area contributed by atoms with Crippen molar-refractivity contribution in [2.45, 2.75) is 34.0 Å². The SMILES string of the molecule is Cc1cc(C)c(C(=O)Pc2ccc(OCc3ccccc3)cc2OCc2ccccc2)c(C)c1.[Li]. The first-order valence-electron chi connectivity index (χ1n) is 11.4. The molecule has 0 N–H and O–H groups in total. The first-order valence-corrected chi connectivity index (χ1v) is 12.4. The second-order valence-electron chi connectivity index (χ2n) is 8.43. The molecule has 1 unspecified atom stereocenters. The van der Waals surface area contributed by atoms with Crippen molar-refractivity contribution in [3.63, 3.8) is 0 Å². The normalized spacial score (nSPS) is 10.7. The number of hydrogen-bond acceptors (Lipinski definition) is 3. The van der Waals surface area contributed by atoms with E-state index < -0.39 is 0 Å². The molecule has 35 heavy (non-hydrogen) atoms. The minimum atomic E-state index is -0.0366. The largest absolute Gasteiger partial charge is 0.489 e. The maximum absolute atomic E-state index is 13.3. The average Bonchev–Trinajstić information content (AvgIpc) is 2.83. The Labute approximate surface area is 221 Å². The summed E-state index contributed by atoms with van der Waals surface area (Å²) < 4.78 is 12.2. The Hall–Kier alpha value is -2.82. The van der Waals surface area contributed by atoms with Gasteiger partial charge in [0.05, 0.1) is 0 Å². The molecule has 0 fully saturated rings. The zero-order chi connectivity index (χ0) is 23.9. The molecule has 1 radical (unpaired) electrons. The predicted octanol–water partition coefficient (Wildman–Crippen LogP) is 6.53. The quantitative estimate of drug-likeness (QED) is 0.204. The van der Waals surface area contributed by atoms with Crippen molar-refractivity contribution >= 4 is 38.3 Å². The molecule has 0 heterocycles. The van der Waals surface area contributed by atoms with Gasteiger partial charge in [-0.3, -0.25) is 4.79 Å². The van der Waals surface area contributed by atoms with E-state index in [1.54, 1.807) is 0 Å². The topological polar surface area (TPSA) is 35.5 Å². The number of benzene rings is 4. The van der Waals surface area contributed by atoms with Gasteiger partial charge in [0.1, 0.15) is 24.7 Å². The van der Waals surface area contributed by atoms with Crippen LogP contribution in [-0.4, -0.2) is 24.4 Å². The Balaban J connectivity index is 0.00000342. The van der Waals surface area contributed by atoms with Crippen LogP contribution in [0.4, 0.5) is 0 Å². The zero-order valence-corrected chi connectivity index (χ0v) is 21.8. The minimum Gasteiger partial charge on any atom is -0.489 e.